The molecule has 19 heavy (non-hydrogen) atoms. The monoisotopic (exact) mass is 284 g/mol. The molecular weight excluding hydrogens is 264 g/mol. The fourth-order valence-electron chi connectivity index (χ4n) is 2.26. The summed E-state index contributed by atoms with van der Waals surface area (Å²) in [6.45, 7) is 5.70. The quantitative estimate of drug-likeness (QED) is 0.864. The molecule has 2 rings (SSSR count). The number of nitrogens with zero attached hydrogens (tertiary/aromatic N) is 3. The van der Waals surface area contributed by atoms with Gasteiger partial charge in [-0.05, 0) is 19.0 Å². The van der Waals surface area contributed by atoms with Gasteiger partial charge in [0.05, 0.1) is 5.69 Å². The van der Waals surface area contributed by atoms with Crippen LogP contribution >= 0.6 is 0 Å². The molecule has 2 N–H and O–H groups in total. The second-order valence-corrected chi connectivity index (χ2v) is 6.57. The van der Waals surface area contributed by atoms with Gasteiger partial charge in [0.15, 0.2) is 0 Å². The number of hydrogen-bond acceptors (Lipinski definition) is 5. The molecule has 1 aromatic heterocycles. The summed E-state index contributed by atoms with van der Waals surface area (Å²) in [6, 6.07) is 1.51. The summed E-state index contributed by atoms with van der Waals surface area (Å²) in [6.07, 6.45) is 3.90. The summed E-state index contributed by atoms with van der Waals surface area (Å²) in [5, 5.41) is 0. The van der Waals surface area contributed by atoms with Crippen molar-refractivity contribution in [2.24, 2.45) is 0 Å². The molecule has 7 heteroatoms. The SMILES string of the molecule is CCCN1CCN(S(=O)(=O)c2cnccc2N)CC1. The van der Waals surface area contributed by atoms with Crippen LogP contribution in [0.5, 0.6) is 0 Å². The minimum absolute atomic E-state index is 0.110. The summed E-state index contributed by atoms with van der Waals surface area (Å²) < 4.78 is 26.4. The lowest BCUT2D eigenvalue weighted by molar-refractivity contribution is 0.188. The molecule has 0 atom stereocenters. The minimum atomic E-state index is -3.51. The van der Waals surface area contributed by atoms with Gasteiger partial charge in [-0.25, -0.2) is 8.42 Å². The van der Waals surface area contributed by atoms with Gasteiger partial charge in [0, 0.05) is 38.6 Å². The largest absolute Gasteiger partial charge is 0.398 e. The highest BCUT2D eigenvalue weighted by Gasteiger charge is 2.29. The first-order valence-corrected chi connectivity index (χ1v) is 7.91. The van der Waals surface area contributed by atoms with Crippen molar-refractivity contribution in [2.75, 3.05) is 38.5 Å². The third-order valence-electron chi connectivity index (χ3n) is 3.31. The third kappa shape index (κ3) is 3.05. The van der Waals surface area contributed by atoms with E-state index in [2.05, 4.69) is 16.8 Å². The first kappa shape index (κ1) is 14.2. The normalized spacial score (nSPS) is 18.6. The van der Waals surface area contributed by atoms with E-state index in [0.29, 0.717) is 13.1 Å². The van der Waals surface area contributed by atoms with E-state index in [9.17, 15) is 8.42 Å². The summed E-state index contributed by atoms with van der Waals surface area (Å²) in [4.78, 5) is 6.24. The summed E-state index contributed by atoms with van der Waals surface area (Å²) in [5.41, 5.74) is 5.99. The van der Waals surface area contributed by atoms with Crippen LogP contribution in [0.1, 0.15) is 13.3 Å². The molecule has 0 radical (unpaired) electrons. The molecule has 1 aliphatic heterocycles. The van der Waals surface area contributed by atoms with Crippen LogP contribution in [0, 0.1) is 0 Å². The second-order valence-electron chi connectivity index (χ2n) is 4.66. The zero-order chi connectivity index (χ0) is 13.9. The zero-order valence-corrected chi connectivity index (χ0v) is 11.9. The highest BCUT2D eigenvalue weighted by Crippen LogP contribution is 2.21. The molecule has 0 unspecified atom stereocenters. The molecule has 0 aromatic carbocycles. The van der Waals surface area contributed by atoms with Crippen LogP contribution in [0.25, 0.3) is 0 Å². The van der Waals surface area contributed by atoms with Gasteiger partial charge in [-0.1, -0.05) is 6.92 Å². The number of aromatic nitrogens is 1. The fourth-order valence-corrected chi connectivity index (χ4v) is 3.74. The smallest absolute Gasteiger partial charge is 0.246 e. The Morgan fingerprint density at radius 3 is 2.58 bits per heavy atom. The van der Waals surface area contributed by atoms with Gasteiger partial charge in [0.2, 0.25) is 10.0 Å². The predicted octanol–water partition coefficient (Wildman–Crippen LogP) is 0.380. The molecule has 0 amide bonds. The number of piperazine rings is 1. The van der Waals surface area contributed by atoms with E-state index in [1.54, 1.807) is 0 Å². The Balaban J connectivity index is 2.12. The first-order valence-electron chi connectivity index (χ1n) is 6.47. The highest BCUT2D eigenvalue weighted by atomic mass is 32.2. The van der Waals surface area contributed by atoms with E-state index < -0.39 is 10.0 Å². The van der Waals surface area contributed by atoms with Crippen LogP contribution in [-0.4, -0.2) is 55.3 Å². The van der Waals surface area contributed by atoms with Crippen molar-refractivity contribution < 1.29 is 8.42 Å². The molecule has 0 saturated carbocycles. The van der Waals surface area contributed by atoms with Gasteiger partial charge in [0.1, 0.15) is 4.90 Å². The number of sulfonamides is 1. The molecule has 6 nitrogen and oxygen atoms in total. The van der Waals surface area contributed by atoms with Gasteiger partial charge in [-0.3, -0.25) is 4.98 Å². The van der Waals surface area contributed by atoms with Crippen LogP contribution in [0.3, 0.4) is 0 Å². The standard InChI is InChI=1S/C12H20N4O2S/c1-2-5-15-6-8-16(9-7-15)19(17,18)12-10-14-4-3-11(12)13/h3-4,10H,2,5-9H2,1H3,(H2,13,14). The third-order valence-corrected chi connectivity index (χ3v) is 5.25. The minimum Gasteiger partial charge on any atom is -0.398 e. The number of nitrogens with two attached hydrogens (primary N) is 1. The topological polar surface area (TPSA) is 79.5 Å². The molecule has 0 bridgehead atoms. The van der Waals surface area contributed by atoms with Crippen LogP contribution in [0.2, 0.25) is 0 Å². The molecule has 1 saturated heterocycles. The van der Waals surface area contributed by atoms with Crippen molar-refractivity contribution in [3.63, 3.8) is 0 Å². The number of rotatable bonds is 4. The maximum atomic E-state index is 12.5. The van der Waals surface area contributed by atoms with Gasteiger partial charge in [0.25, 0.3) is 0 Å². The Bertz CT molecular complexity index is 524. The maximum Gasteiger partial charge on any atom is 0.246 e. The number of anilines is 1. The molecule has 1 fully saturated rings. The summed E-state index contributed by atoms with van der Waals surface area (Å²) in [7, 11) is -3.51. The van der Waals surface area contributed by atoms with Crippen molar-refractivity contribution in [1.82, 2.24) is 14.2 Å². The lowest BCUT2D eigenvalue weighted by atomic mass is 10.3. The Labute approximate surface area is 114 Å². The van der Waals surface area contributed by atoms with E-state index in [1.807, 2.05) is 0 Å². The molecular formula is C12H20N4O2S. The van der Waals surface area contributed by atoms with E-state index in [4.69, 9.17) is 5.73 Å². The van der Waals surface area contributed by atoms with Gasteiger partial charge >= 0.3 is 0 Å². The van der Waals surface area contributed by atoms with E-state index in [1.165, 1.54) is 22.8 Å². The van der Waals surface area contributed by atoms with Crippen molar-refractivity contribution >= 4 is 15.7 Å². The second kappa shape index (κ2) is 5.85. The first-order chi connectivity index (χ1) is 9.05. The molecule has 1 aromatic rings. The van der Waals surface area contributed by atoms with E-state index in [0.717, 1.165) is 26.1 Å². The molecule has 106 valence electrons. The highest BCUT2D eigenvalue weighted by molar-refractivity contribution is 7.89. The molecule has 2 heterocycles. The van der Waals surface area contributed by atoms with Crippen molar-refractivity contribution in [3.05, 3.63) is 18.5 Å². The van der Waals surface area contributed by atoms with E-state index in [-0.39, 0.29) is 10.6 Å². The molecule has 0 aliphatic carbocycles. The van der Waals surface area contributed by atoms with Crippen LogP contribution in [0.4, 0.5) is 5.69 Å². The predicted molar refractivity (Wildman–Crippen MR) is 74.1 cm³/mol. The number of nitrogen functional groups attached to an aromatic ring is 1. The summed E-state index contributed by atoms with van der Waals surface area (Å²) >= 11 is 0. The van der Waals surface area contributed by atoms with Gasteiger partial charge < -0.3 is 10.6 Å². The Kier molecular flexibility index (Phi) is 4.38. The van der Waals surface area contributed by atoms with Crippen molar-refractivity contribution in [1.29, 1.82) is 0 Å². The van der Waals surface area contributed by atoms with Gasteiger partial charge in [-0.2, -0.15) is 4.31 Å². The lowest BCUT2D eigenvalue weighted by Gasteiger charge is -2.33. The van der Waals surface area contributed by atoms with Crippen molar-refractivity contribution in [3.8, 4) is 0 Å². The van der Waals surface area contributed by atoms with Crippen LogP contribution in [-0.2, 0) is 10.0 Å². The number of hydrogen-bond donors (Lipinski definition) is 1. The summed E-state index contributed by atoms with van der Waals surface area (Å²) in [5.74, 6) is 0. The average molecular weight is 284 g/mol. The lowest BCUT2D eigenvalue weighted by Crippen LogP contribution is -2.48. The maximum absolute atomic E-state index is 12.5. The van der Waals surface area contributed by atoms with Crippen LogP contribution < -0.4 is 5.73 Å². The molecule has 1 aliphatic rings. The van der Waals surface area contributed by atoms with Gasteiger partial charge in [-0.15, -0.1) is 0 Å². The van der Waals surface area contributed by atoms with Crippen LogP contribution in [0.15, 0.2) is 23.4 Å². The number of pyridine rings is 1. The zero-order valence-electron chi connectivity index (χ0n) is 11.1. The van der Waals surface area contributed by atoms with Crippen molar-refractivity contribution in [2.45, 2.75) is 18.2 Å². The average Bonchev–Trinajstić information content (AvgIpc) is 2.40. The fraction of sp³-hybridized carbons (Fsp3) is 0.583. The Morgan fingerprint density at radius 1 is 1.32 bits per heavy atom. The molecule has 0 spiro atoms. The van der Waals surface area contributed by atoms with E-state index >= 15 is 0 Å². The Morgan fingerprint density at radius 2 is 2.00 bits per heavy atom. The Hall–Kier alpha value is -1.18.